The molecule has 1 aliphatic heterocycles. The Hall–Kier alpha value is -3.48. The van der Waals surface area contributed by atoms with Crippen LogP contribution in [0.25, 0.3) is 0 Å². The molecule has 0 saturated carbocycles. The first-order valence-electron chi connectivity index (χ1n) is 9.35. The molecule has 4 N–H and O–H groups in total. The molecule has 0 spiro atoms. The van der Waals surface area contributed by atoms with E-state index in [2.05, 4.69) is 20.0 Å². The number of benzene rings is 1. The maximum atomic E-state index is 14.3. The van der Waals surface area contributed by atoms with Crippen LogP contribution in [0.2, 0.25) is 0 Å². The van der Waals surface area contributed by atoms with Crippen molar-refractivity contribution in [3.8, 4) is 5.75 Å². The predicted molar refractivity (Wildman–Crippen MR) is 103 cm³/mol. The van der Waals surface area contributed by atoms with E-state index >= 15 is 0 Å². The summed E-state index contributed by atoms with van der Waals surface area (Å²) in [4.78, 5) is 32.8. The van der Waals surface area contributed by atoms with Gasteiger partial charge >= 0.3 is 6.36 Å². The molecule has 0 radical (unpaired) electrons. The lowest BCUT2D eigenvalue weighted by molar-refractivity contribution is -0.274. The van der Waals surface area contributed by atoms with E-state index in [1.807, 2.05) is 0 Å². The van der Waals surface area contributed by atoms with Gasteiger partial charge in [-0.15, -0.1) is 13.2 Å². The Morgan fingerprint density at radius 1 is 1.28 bits per heavy atom. The summed E-state index contributed by atoms with van der Waals surface area (Å²) in [5, 5.41) is 13.2. The normalized spacial score (nSPS) is 15.9. The molecule has 0 aliphatic carbocycles. The Labute approximate surface area is 179 Å². The second-order valence-corrected chi connectivity index (χ2v) is 7.19. The first-order valence-corrected chi connectivity index (χ1v) is 9.35. The topological polar surface area (TPSA) is 131 Å². The van der Waals surface area contributed by atoms with Crippen molar-refractivity contribution in [1.82, 2.24) is 14.9 Å². The number of nitrogens with one attached hydrogen (secondary N) is 1. The number of alkyl halides is 3. The van der Waals surface area contributed by atoms with Crippen molar-refractivity contribution in [2.75, 3.05) is 24.1 Å². The number of nitrogens with two attached hydrogens (primary N) is 1. The standard InChI is InChI=1S/C19H19F4N5O4/c1-10(29)26-17-25-9-13(20)15(27-17)18(31)4-6-28(7-5-18)16(30)12-3-2-11(8-14(12)24)32-19(21,22)23/h2-3,8-9,31H,4-7,24H2,1H3,(H,25,26,27,29). The molecule has 1 aromatic heterocycles. The van der Waals surface area contributed by atoms with E-state index in [0.717, 1.165) is 24.4 Å². The molecule has 1 aliphatic rings. The van der Waals surface area contributed by atoms with E-state index in [1.54, 1.807) is 0 Å². The molecule has 2 heterocycles. The largest absolute Gasteiger partial charge is 0.573 e. The van der Waals surface area contributed by atoms with Crippen LogP contribution in [0.15, 0.2) is 24.4 Å². The van der Waals surface area contributed by atoms with Crippen LogP contribution in [0.1, 0.15) is 35.8 Å². The van der Waals surface area contributed by atoms with Crippen molar-refractivity contribution in [3.05, 3.63) is 41.5 Å². The number of rotatable bonds is 4. The highest BCUT2D eigenvalue weighted by Crippen LogP contribution is 2.34. The molecule has 2 aromatic rings. The highest BCUT2D eigenvalue weighted by atomic mass is 19.4. The third-order valence-electron chi connectivity index (χ3n) is 4.84. The average molecular weight is 457 g/mol. The first-order chi connectivity index (χ1) is 14.9. The minimum Gasteiger partial charge on any atom is -0.406 e. The molecule has 0 atom stereocenters. The van der Waals surface area contributed by atoms with E-state index in [1.165, 1.54) is 11.8 Å². The first kappa shape index (κ1) is 23.2. The van der Waals surface area contributed by atoms with Gasteiger partial charge in [0.1, 0.15) is 17.0 Å². The number of aromatic nitrogens is 2. The monoisotopic (exact) mass is 457 g/mol. The molecule has 32 heavy (non-hydrogen) atoms. The molecule has 0 unspecified atom stereocenters. The maximum absolute atomic E-state index is 14.3. The number of hydrogen-bond donors (Lipinski definition) is 3. The van der Waals surface area contributed by atoms with Gasteiger partial charge in [0.05, 0.1) is 11.8 Å². The van der Waals surface area contributed by atoms with E-state index in [-0.39, 0.29) is 48.8 Å². The van der Waals surface area contributed by atoms with Gasteiger partial charge in [0.25, 0.3) is 5.91 Å². The Morgan fingerprint density at radius 3 is 2.50 bits per heavy atom. The van der Waals surface area contributed by atoms with Crippen LogP contribution in [0.4, 0.5) is 29.2 Å². The number of aliphatic hydroxyl groups is 1. The lowest BCUT2D eigenvalue weighted by Crippen LogP contribution is -2.46. The summed E-state index contributed by atoms with van der Waals surface area (Å²) in [6.45, 7) is 1.21. The van der Waals surface area contributed by atoms with Crippen LogP contribution in [-0.4, -0.2) is 51.2 Å². The number of carbonyl (C=O) groups is 2. The molecule has 1 saturated heterocycles. The number of carbonyl (C=O) groups excluding carboxylic acids is 2. The average Bonchev–Trinajstić information content (AvgIpc) is 2.68. The van der Waals surface area contributed by atoms with Crippen molar-refractivity contribution in [2.45, 2.75) is 31.7 Å². The van der Waals surface area contributed by atoms with Crippen LogP contribution >= 0.6 is 0 Å². The number of nitrogen functional groups attached to an aromatic ring is 1. The Bertz CT molecular complexity index is 1040. The number of hydrogen-bond acceptors (Lipinski definition) is 7. The zero-order valence-electron chi connectivity index (χ0n) is 16.7. The van der Waals surface area contributed by atoms with E-state index in [9.17, 15) is 32.3 Å². The fraction of sp³-hybridized carbons (Fsp3) is 0.368. The van der Waals surface area contributed by atoms with Gasteiger partial charge in [0.15, 0.2) is 5.82 Å². The smallest absolute Gasteiger partial charge is 0.406 e. The van der Waals surface area contributed by atoms with E-state index in [0.29, 0.717) is 0 Å². The van der Waals surface area contributed by atoms with Gasteiger partial charge < -0.3 is 20.5 Å². The van der Waals surface area contributed by atoms with Gasteiger partial charge in [-0.3, -0.25) is 14.9 Å². The second kappa shape index (κ2) is 8.57. The molecular formula is C19H19F4N5O4. The summed E-state index contributed by atoms with van der Waals surface area (Å²) >= 11 is 0. The SMILES string of the molecule is CC(=O)Nc1ncc(F)c(C2(O)CCN(C(=O)c3ccc(OC(F)(F)F)cc3N)CC2)n1. The summed E-state index contributed by atoms with van der Waals surface area (Å²) in [7, 11) is 0. The summed E-state index contributed by atoms with van der Waals surface area (Å²) in [5.74, 6) is -2.64. The van der Waals surface area contributed by atoms with Crippen molar-refractivity contribution in [2.24, 2.45) is 0 Å². The van der Waals surface area contributed by atoms with Crippen LogP contribution in [-0.2, 0) is 10.4 Å². The predicted octanol–water partition coefficient (Wildman–Crippen LogP) is 2.18. The number of amides is 2. The van der Waals surface area contributed by atoms with Crippen LogP contribution in [0, 0.1) is 5.82 Å². The molecule has 1 aromatic carbocycles. The lowest BCUT2D eigenvalue weighted by atomic mass is 9.87. The highest BCUT2D eigenvalue weighted by molar-refractivity contribution is 5.99. The van der Waals surface area contributed by atoms with Gasteiger partial charge in [-0.25, -0.2) is 14.4 Å². The number of piperidine rings is 1. The third kappa shape index (κ3) is 5.22. The molecule has 13 heteroatoms. The molecule has 0 bridgehead atoms. The van der Waals surface area contributed by atoms with Gasteiger partial charge in [-0.2, -0.15) is 0 Å². The number of halogens is 4. The molecule has 3 rings (SSSR count). The summed E-state index contributed by atoms with van der Waals surface area (Å²) in [6, 6.07) is 2.97. The zero-order chi connectivity index (χ0) is 23.7. The summed E-state index contributed by atoms with van der Waals surface area (Å²) in [5.41, 5.74) is 3.45. The van der Waals surface area contributed by atoms with Gasteiger partial charge in [0.2, 0.25) is 11.9 Å². The van der Waals surface area contributed by atoms with E-state index in [4.69, 9.17) is 5.73 Å². The van der Waals surface area contributed by atoms with Gasteiger partial charge in [0, 0.05) is 31.8 Å². The quantitative estimate of drug-likeness (QED) is 0.474. The number of likely N-dealkylation sites (tertiary alicyclic amines) is 1. The Morgan fingerprint density at radius 2 is 1.94 bits per heavy atom. The van der Waals surface area contributed by atoms with Crippen LogP contribution < -0.4 is 15.8 Å². The highest BCUT2D eigenvalue weighted by Gasteiger charge is 2.39. The fourth-order valence-corrected chi connectivity index (χ4v) is 3.33. The Balaban J connectivity index is 1.73. The minimum atomic E-state index is -4.90. The molecule has 1 fully saturated rings. The molecule has 2 amide bonds. The third-order valence-corrected chi connectivity index (χ3v) is 4.84. The number of anilines is 2. The zero-order valence-corrected chi connectivity index (χ0v) is 16.7. The molecule has 9 nitrogen and oxygen atoms in total. The van der Waals surface area contributed by atoms with Crippen molar-refractivity contribution >= 4 is 23.5 Å². The van der Waals surface area contributed by atoms with Gasteiger partial charge in [-0.05, 0) is 25.0 Å². The Kier molecular flexibility index (Phi) is 6.21. The van der Waals surface area contributed by atoms with Crippen molar-refractivity contribution < 1.29 is 37.0 Å². The number of ether oxygens (including phenoxy) is 1. The van der Waals surface area contributed by atoms with Crippen LogP contribution in [0.5, 0.6) is 5.75 Å². The second-order valence-electron chi connectivity index (χ2n) is 7.19. The van der Waals surface area contributed by atoms with Crippen molar-refractivity contribution in [3.63, 3.8) is 0 Å². The fourth-order valence-electron chi connectivity index (χ4n) is 3.33. The lowest BCUT2D eigenvalue weighted by Gasteiger charge is -2.38. The van der Waals surface area contributed by atoms with Gasteiger partial charge in [-0.1, -0.05) is 0 Å². The molecular weight excluding hydrogens is 438 g/mol. The minimum absolute atomic E-state index is 0.00547. The maximum Gasteiger partial charge on any atom is 0.573 e. The summed E-state index contributed by atoms with van der Waals surface area (Å²) in [6.07, 6.45) is -4.23. The van der Waals surface area contributed by atoms with E-state index < -0.39 is 35.3 Å². The van der Waals surface area contributed by atoms with Crippen LogP contribution in [0.3, 0.4) is 0 Å². The van der Waals surface area contributed by atoms with Crippen molar-refractivity contribution in [1.29, 1.82) is 0 Å². The molecule has 172 valence electrons. The summed E-state index contributed by atoms with van der Waals surface area (Å²) < 4.78 is 55.1. The number of nitrogens with zero attached hydrogens (tertiary/aromatic N) is 3.